The van der Waals surface area contributed by atoms with Crippen LogP contribution in [0.3, 0.4) is 0 Å². The molecule has 1 unspecified atom stereocenters. The average molecular weight is 269 g/mol. The Morgan fingerprint density at radius 3 is 2.61 bits per heavy atom. The van der Waals surface area contributed by atoms with Crippen LogP contribution >= 0.6 is 0 Å². The zero-order valence-electron chi connectivity index (χ0n) is 9.37. The van der Waals surface area contributed by atoms with Crippen LogP contribution in [-0.4, -0.2) is 24.2 Å². The minimum atomic E-state index is -3.53. The second-order valence-electron chi connectivity index (χ2n) is 4.90. The summed E-state index contributed by atoms with van der Waals surface area (Å²) in [7, 11) is -3.53. The quantitative estimate of drug-likeness (QED) is 0.637. The van der Waals surface area contributed by atoms with Gasteiger partial charge in [0, 0.05) is 17.7 Å². The highest BCUT2D eigenvalue weighted by Gasteiger charge is 2.54. The molecule has 1 aromatic rings. The van der Waals surface area contributed by atoms with Crippen molar-refractivity contribution < 1.29 is 18.4 Å². The van der Waals surface area contributed by atoms with E-state index in [4.69, 9.17) is 0 Å². The first kappa shape index (κ1) is 11.6. The SMILES string of the molecule is O=[N+]([O-])c1ccc2c(c1)C(O)(C1CC1)CS2(=O)=O. The number of non-ortho nitro benzene ring substituents is 1. The van der Waals surface area contributed by atoms with Gasteiger partial charge in [0.2, 0.25) is 0 Å². The van der Waals surface area contributed by atoms with E-state index in [9.17, 15) is 23.6 Å². The summed E-state index contributed by atoms with van der Waals surface area (Å²) >= 11 is 0. The maximum atomic E-state index is 12.0. The molecule has 0 bridgehead atoms. The van der Waals surface area contributed by atoms with Gasteiger partial charge in [-0.2, -0.15) is 0 Å². The molecule has 2 aliphatic rings. The molecule has 6 nitrogen and oxygen atoms in total. The van der Waals surface area contributed by atoms with E-state index in [1.807, 2.05) is 0 Å². The minimum absolute atomic E-state index is 0.0301. The summed E-state index contributed by atoms with van der Waals surface area (Å²) in [5, 5.41) is 21.3. The van der Waals surface area contributed by atoms with Crippen molar-refractivity contribution in [2.45, 2.75) is 23.3 Å². The van der Waals surface area contributed by atoms with Crippen LogP contribution in [0, 0.1) is 16.0 Å². The maximum absolute atomic E-state index is 12.0. The number of sulfone groups is 1. The second kappa shape index (κ2) is 3.30. The number of hydrogen-bond acceptors (Lipinski definition) is 5. The van der Waals surface area contributed by atoms with E-state index in [2.05, 4.69) is 0 Å². The van der Waals surface area contributed by atoms with Crippen LogP contribution in [0.2, 0.25) is 0 Å². The van der Waals surface area contributed by atoms with E-state index in [1.165, 1.54) is 12.1 Å². The van der Waals surface area contributed by atoms with Crippen molar-refractivity contribution in [1.29, 1.82) is 0 Å². The van der Waals surface area contributed by atoms with E-state index >= 15 is 0 Å². The lowest BCUT2D eigenvalue weighted by molar-refractivity contribution is -0.385. The van der Waals surface area contributed by atoms with Gasteiger partial charge in [0.15, 0.2) is 9.84 Å². The predicted molar refractivity (Wildman–Crippen MR) is 61.8 cm³/mol. The molecule has 0 radical (unpaired) electrons. The normalized spacial score (nSPS) is 28.9. The summed E-state index contributed by atoms with van der Waals surface area (Å²) in [6.07, 6.45) is 1.52. The highest BCUT2D eigenvalue weighted by atomic mass is 32.2. The zero-order chi connectivity index (χ0) is 13.1. The van der Waals surface area contributed by atoms with Gasteiger partial charge < -0.3 is 5.11 Å². The molecule has 3 rings (SSSR count). The molecule has 0 aromatic heterocycles. The summed E-state index contributed by atoms with van der Waals surface area (Å²) in [5.74, 6) is -0.461. The Balaban J connectivity index is 2.24. The number of fused-ring (bicyclic) bond motifs is 1. The smallest absolute Gasteiger partial charge is 0.269 e. The van der Waals surface area contributed by atoms with E-state index in [1.54, 1.807) is 0 Å². The van der Waals surface area contributed by atoms with Crippen LogP contribution in [-0.2, 0) is 15.4 Å². The summed E-state index contributed by atoms with van der Waals surface area (Å²) in [6.45, 7) is 0. The number of nitro benzene ring substituents is 1. The molecule has 0 spiro atoms. The first-order valence-corrected chi connectivity index (χ1v) is 7.24. The lowest BCUT2D eigenvalue weighted by Gasteiger charge is -2.21. The Morgan fingerprint density at radius 2 is 2.06 bits per heavy atom. The van der Waals surface area contributed by atoms with Gasteiger partial charge in [0.25, 0.3) is 5.69 Å². The third-order valence-corrected chi connectivity index (χ3v) is 5.48. The molecule has 0 saturated heterocycles. The number of nitro groups is 1. The summed E-state index contributed by atoms with van der Waals surface area (Å²) < 4.78 is 23.9. The van der Waals surface area contributed by atoms with Gasteiger partial charge in [0.05, 0.1) is 15.6 Å². The molecule has 1 fully saturated rings. The first-order valence-electron chi connectivity index (χ1n) is 5.59. The Kier molecular flexibility index (Phi) is 2.13. The fraction of sp³-hybridized carbons (Fsp3) is 0.455. The molecule has 0 amide bonds. The maximum Gasteiger partial charge on any atom is 0.269 e. The van der Waals surface area contributed by atoms with Crippen LogP contribution in [0.15, 0.2) is 23.1 Å². The van der Waals surface area contributed by atoms with Crippen LogP contribution in [0.5, 0.6) is 0 Å². The molecule has 1 N–H and O–H groups in total. The highest BCUT2D eigenvalue weighted by Crippen LogP contribution is 2.52. The lowest BCUT2D eigenvalue weighted by Crippen LogP contribution is -2.30. The molecule has 96 valence electrons. The Hall–Kier alpha value is -1.47. The van der Waals surface area contributed by atoms with E-state index in [-0.39, 0.29) is 27.8 Å². The molecule has 1 atom stereocenters. The Bertz CT molecular complexity index is 649. The van der Waals surface area contributed by atoms with Crippen LogP contribution in [0.25, 0.3) is 0 Å². The van der Waals surface area contributed by atoms with E-state index < -0.39 is 20.4 Å². The second-order valence-corrected chi connectivity index (χ2v) is 6.85. The van der Waals surface area contributed by atoms with Gasteiger partial charge >= 0.3 is 0 Å². The van der Waals surface area contributed by atoms with Crippen molar-refractivity contribution in [2.75, 3.05) is 5.75 Å². The number of nitrogens with zero attached hydrogens (tertiary/aromatic N) is 1. The number of aliphatic hydroxyl groups is 1. The minimum Gasteiger partial charge on any atom is -0.384 e. The van der Waals surface area contributed by atoms with Gasteiger partial charge in [-0.25, -0.2) is 8.42 Å². The van der Waals surface area contributed by atoms with Crippen molar-refractivity contribution in [3.8, 4) is 0 Å². The number of benzene rings is 1. The topological polar surface area (TPSA) is 97.5 Å². The predicted octanol–water partition coefficient (Wildman–Crippen LogP) is 0.980. The number of hydrogen-bond donors (Lipinski definition) is 1. The molecule has 18 heavy (non-hydrogen) atoms. The molecular weight excluding hydrogens is 258 g/mol. The van der Waals surface area contributed by atoms with Crippen LogP contribution in [0.1, 0.15) is 18.4 Å². The van der Waals surface area contributed by atoms with Gasteiger partial charge in [-0.05, 0) is 24.8 Å². The molecular formula is C11H11NO5S. The standard InChI is InChI=1S/C11H11NO5S/c13-11(7-1-2-7)6-18(16,17)10-4-3-8(12(14)15)5-9(10)11/h3-5,7,13H,1-2,6H2. The van der Waals surface area contributed by atoms with Crippen LogP contribution < -0.4 is 0 Å². The zero-order valence-corrected chi connectivity index (χ0v) is 10.2. The molecule has 1 aliphatic carbocycles. The van der Waals surface area contributed by atoms with Crippen molar-refractivity contribution in [3.05, 3.63) is 33.9 Å². The largest absolute Gasteiger partial charge is 0.384 e. The molecule has 1 aliphatic heterocycles. The average Bonchev–Trinajstić information content (AvgIpc) is 3.08. The van der Waals surface area contributed by atoms with Crippen molar-refractivity contribution in [3.63, 3.8) is 0 Å². The highest BCUT2D eigenvalue weighted by molar-refractivity contribution is 7.91. The van der Waals surface area contributed by atoms with Crippen molar-refractivity contribution >= 4 is 15.5 Å². The monoisotopic (exact) mass is 269 g/mol. The number of rotatable bonds is 2. The van der Waals surface area contributed by atoms with Crippen molar-refractivity contribution in [2.24, 2.45) is 5.92 Å². The van der Waals surface area contributed by atoms with Gasteiger partial charge in [-0.1, -0.05) is 0 Å². The third-order valence-electron chi connectivity index (χ3n) is 3.64. The third kappa shape index (κ3) is 1.47. The van der Waals surface area contributed by atoms with Crippen molar-refractivity contribution in [1.82, 2.24) is 0 Å². The fourth-order valence-electron chi connectivity index (χ4n) is 2.58. The van der Waals surface area contributed by atoms with Gasteiger partial charge in [-0.3, -0.25) is 10.1 Å². The Labute approximate surface area is 103 Å². The lowest BCUT2D eigenvalue weighted by atomic mass is 9.91. The first-order chi connectivity index (χ1) is 8.34. The fourth-order valence-corrected chi connectivity index (χ4v) is 4.56. The summed E-state index contributed by atoms with van der Waals surface area (Å²) in [4.78, 5) is 10.2. The van der Waals surface area contributed by atoms with Gasteiger partial charge in [0.1, 0.15) is 5.60 Å². The van der Waals surface area contributed by atoms with Gasteiger partial charge in [-0.15, -0.1) is 0 Å². The summed E-state index contributed by atoms with van der Waals surface area (Å²) in [6, 6.07) is 3.58. The molecule has 7 heteroatoms. The van der Waals surface area contributed by atoms with Crippen LogP contribution in [0.4, 0.5) is 5.69 Å². The molecule has 1 heterocycles. The van der Waals surface area contributed by atoms with E-state index in [0.29, 0.717) is 0 Å². The van der Waals surface area contributed by atoms with E-state index in [0.717, 1.165) is 18.9 Å². The molecule has 1 aromatic carbocycles. The molecule has 1 saturated carbocycles. The summed E-state index contributed by atoms with van der Waals surface area (Å²) in [5.41, 5.74) is -1.44. The Morgan fingerprint density at radius 1 is 1.39 bits per heavy atom.